The van der Waals surface area contributed by atoms with Crippen molar-refractivity contribution in [1.82, 2.24) is 0 Å². The van der Waals surface area contributed by atoms with Gasteiger partial charge in [0.1, 0.15) is 10.7 Å². The van der Waals surface area contributed by atoms with Gasteiger partial charge in [-0.15, -0.1) is 0 Å². The van der Waals surface area contributed by atoms with Gasteiger partial charge in [0.15, 0.2) is 5.37 Å². The monoisotopic (exact) mass is 490 g/mol. The summed E-state index contributed by atoms with van der Waals surface area (Å²) in [7, 11) is -4.21. The lowest BCUT2D eigenvalue weighted by Crippen LogP contribution is -2.29. The van der Waals surface area contributed by atoms with Gasteiger partial charge in [-0.1, -0.05) is 54.6 Å². The summed E-state index contributed by atoms with van der Waals surface area (Å²) in [5.74, 6) is -0.150. The van der Waals surface area contributed by atoms with Crippen LogP contribution in [0.25, 0.3) is 6.08 Å². The van der Waals surface area contributed by atoms with Crippen molar-refractivity contribution in [3.63, 3.8) is 0 Å². The zero-order valence-electron chi connectivity index (χ0n) is 18.8. The lowest BCUT2D eigenvalue weighted by molar-refractivity contribution is -0.384. The van der Waals surface area contributed by atoms with Crippen LogP contribution in [0.5, 0.6) is 5.75 Å². The minimum Gasteiger partial charge on any atom is -0.494 e. The van der Waals surface area contributed by atoms with Gasteiger partial charge in [-0.2, -0.15) is 0 Å². The second-order valence-corrected chi connectivity index (χ2v) is 9.63. The molecule has 0 saturated carbocycles. The van der Waals surface area contributed by atoms with E-state index in [-0.39, 0.29) is 11.3 Å². The van der Waals surface area contributed by atoms with Crippen molar-refractivity contribution in [1.29, 1.82) is 0 Å². The molecular formula is C26H22N2O6S. The van der Waals surface area contributed by atoms with Gasteiger partial charge in [-0.05, 0) is 48.4 Å². The summed E-state index contributed by atoms with van der Waals surface area (Å²) in [4.78, 5) is 24.9. The highest BCUT2D eigenvalue weighted by Gasteiger charge is 2.50. The maximum atomic E-state index is 13.6. The fraction of sp³-hybridized carbons (Fsp3) is 0.115. The molecule has 4 rings (SSSR count). The number of nitro groups is 1. The number of amides is 1. The van der Waals surface area contributed by atoms with E-state index in [1.165, 1.54) is 36.4 Å². The number of benzene rings is 3. The molecule has 1 fully saturated rings. The van der Waals surface area contributed by atoms with Gasteiger partial charge in [0.25, 0.3) is 11.6 Å². The molecule has 1 aliphatic heterocycles. The molecule has 0 bridgehead atoms. The summed E-state index contributed by atoms with van der Waals surface area (Å²) in [5.41, 5.74) is 1.02. The summed E-state index contributed by atoms with van der Waals surface area (Å²) in [6, 6.07) is 21.0. The molecule has 3 aromatic rings. The van der Waals surface area contributed by atoms with Crippen molar-refractivity contribution >= 4 is 33.2 Å². The number of nitrogens with zero attached hydrogens (tertiary/aromatic N) is 2. The number of allylic oxidation sites excluding steroid dienone is 2. The van der Waals surface area contributed by atoms with Crippen LogP contribution in [-0.4, -0.2) is 25.9 Å². The molecule has 35 heavy (non-hydrogen) atoms. The predicted octanol–water partition coefficient (Wildman–Crippen LogP) is 5.05. The molecule has 1 atom stereocenters. The molecule has 178 valence electrons. The number of anilines is 1. The van der Waals surface area contributed by atoms with Crippen LogP contribution < -0.4 is 9.64 Å². The predicted molar refractivity (Wildman–Crippen MR) is 133 cm³/mol. The highest BCUT2D eigenvalue weighted by atomic mass is 32.2. The molecule has 0 unspecified atom stereocenters. The normalized spacial score (nSPS) is 18.3. The van der Waals surface area contributed by atoms with Crippen molar-refractivity contribution in [3.8, 4) is 5.75 Å². The minimum absolute atomic E-state index is 0.122. The van der Waals surface area contributed by atoms with Crippen LogP contribution in [0.4, 0.5) is 11.4 Å². The van der Waals surface area contributed by atoms with Crippen molar-refractivity contribution in [3.05, 3.63) is 117 Å². The molecule has 1 amide bonds. The van der Waals surface area contributed by atoms with Crippen LogP contribution in [0.15, 0.2) is 95.9 Å². The molecular weight excluding hydrogens is 468 g/mol. The molecule has 0 radical (unpaired) electrons. The van der Waals surface area contributed by atoms with Crippen LogP contribution >= 0.6 is 0 Å². The Morgan fingerprint density at radius 2 is 1.74 bits per heavy atom. The van der Waals surface area contributed by atoms with E-state index in [0.29, 0.717) is 18.0 Å². The Balaban J connectivity index is 1.82. The van der Waals surface area contributed by atoms with E-state index in [2.05, 4.69) is 0 Å². The Bertz CT molecular complexity index is 1410. The largest absolute Gasteiger partial charge is 0.494 e. The number of nitro benzene ring substituents is 1. The number of ether oxygens (including phenoxy) is 1. The lowest BCUT2D eigenvalue weighted by Gasteiger charge is -2.23. The van der Waals surface area contributed by atoms with Crippen molar-refractivity contribution < 1.29 is 22.9 Å². The number of sulfone groups is 1. The smallest absolute Gasteiger partial charge is 0.271 e. The number of rotatable bonds is 7. The molecule has 1 aliphatic rings. The fourth-order valence-electron chi connectivity index (χ4n) is 3.83. The molecule has 1 heterocycles. The zero-order chi connectivity index (χ0) is 25.0. The average molecular weight is 491 g/mol. The Morgan fingerprint density at radius 3 is 2.40 bits per heavy atom. The van der Waals surface area contributed by atoms with Gasteiger partial charge in [0.05, 0.1) is 11.5 Å². The molecule has 0 aromatic heterocycles. The third kappa shape index (κ3) is 4.85. The van der Waals surface area contributed by atoms with Gasteiger partial charge >= 0.3 is 0 Å². The molecule has 0 aliphatic carbocycles. The minimum atomic E-state index is -4.21. The van der Waals surface area contributed by atoms with E-state index in [0.717, 1.165) is 10.5 Å². The third-order valence-electron chi connectivity index (χ3n) is 5.39. The van der Waals surface area contributed by atoms with Crippen molar-refractivity contribution in [2.45, 2.75) is 12.3 Å². The first-order chi connectivity index (χ1) is 16.8. The highest BCUT2D eigenvalue weighted by Crippen LogP contribution is 2.43. The number of carbonyl (C=O) groups is 1. The van der Waals surface area contributed by atoms with Gasteiger partial charge in [0.2, 0.25) is 9.84 Å². The van der Waals surface area contributed by atoms with Gasteiger partial charge in [-0.3, -0.25) is 19.8 Å². The number of non-ortho nitro benzene ring substituents is 1. The van der Waals surface area contributed by atoms with Crippen molar-refractivity contribution in [2.75, 3.05) is 11.5 Å². The third-order valence-corrected chi connectivity index (χ3v) is 7.39. The van der Waals surface area contributed by atoms with Crippen LogP contribution in [0.1, 0.15) is 23.4 Å². The Labute approximate surface area is 202 Å². The molecule has 0 spiro atoms. The second kappa shape index (κ2) is 9.94. The molecule has 9 heteroatoms. The maximum absolute atomic E-state index is 13.6. The van der Waals surface area contributed by atoms with E-state index < -0.39 is 30.9 Å². The first kappa shape index (κ1) is 23.9. The zero-order valence-corrected chi connectivity index (χ0v) is 19.6. The first-order valence-corrected chi connectivity index (χ1v) is 12.4. The van der Waals surface area contributed by atoms with Gasteiger partial charge in [0, 0.05) is 17.8 Å². The van der Waals surface area contributed by atoms with Crippen LogP contribution in [0, 0.1) is 10.1 Å². The number of hydrogen-bond donors (Lipinski definition) is 0. The molecule has 3 aromatic carbocycles. The molecule has 1 saturated heterocycles. The lowest BCUT2D eigenvalue weighted by atomic mass is 10.1. The SMILES string of the molecule is CCOc1ccc(N2C(=O)/C(=C\C=C\c3ccccc3)S(=O)(=O)[C@@H]2c2cccc([N+](=O)[O-])c2)cc1. The van der Waals surface area contributed by atoms with Crippen LogP contribution in [-0.2, 0) is 14.6 Å². The summed E-state index contributed by atoms with van der Waals surface area (Å²) in [6.45, 7) is 2.29. The fourth-order valence-corrected chi connectivity index (χ4v) is 5.68. The van der Waals surface area contributed by atoms with Crippen LogP contribution in [0.3, 0.4) is 0 Å². The summed E-state index contributed by atoms with van der Waals surface area (Å²) < 4.78 is 32.7. The standard InChI is InChI=1S/C26H22N2O6S/c1-2-34-23-16-14-21(15-17-23)27-25(29)24(13-6-10-19-8-4-3-5-9-19)35(32,33)26(27)20-11-7-12-22(18-20)28(30)31/h3-18,26H,2H2,1H3/b10-6+,24-13+/t26-/m1/s1. The first-order valence-electron chi connectivity index (χ1n) is 10.8. The Morgan fingerprint density at radius 1 is 1.03 bits per heavy atom. The quantitative estimate of drug-likeness (QED) is 0.261. The van der Waals surface area contributed by atoms with E-state index in [4.69, 9.17) is 4.74 Å². The summed E-state index contributed by atoms with van der Waals surface area (Å²) >= 11 is 0. The Kier molecular flexibility index (Phi) is 6.79. The van der Waals surface area contributed by atoms with Gasteiger partial charge < -0.3 is 4.74 Å². The number of hydrogen-bond acceptors (Lipinski definition) is 6. The van der Waals surface area contributed by atoms with E-state index in [9.17, 15) is 23.3 Å². The maximum Gasteiger partial charge on any atom is 0.271 e. The Hall–Kier alpha value is -4.24. The average Bonchev–Trinajstić information content (AvgIpc) is 3.05. The van der Waals surface area contributed by atoms with Gasteiger partial charge in [-0.25, -0.2) is 8.42 Å². The van der Waals surface area contributed by atoms with Crippen molar-refractivity contribution in [2.24, 2.45) is 0 Å². The van der Waals surface area contributed by atoms with Crippen LogP contribution in [0.2, 0.25) is 0 Å². The second-order valence-electron chi connectivity index (χ2n) is 7.65. The topological polar surface area (TPSA) is 107 Å². The summed E-state index contributed by atoms with van der Waals surface area (Å²) in [6.07, 6.45) is 4.47. The number of carbonyl (C=O) groups excluding carboxylic acids is 1. The van der Waals surface area contributed by atoms with E-state index in [1.54, 1.807) is 30.3 Å². The van der Waals surface area contributed by atoms with E-state index in [1.807, 2.05) is 37.3 Å². The summed E-state index contributed by atoms with van der Waals surface area (Å²) in [5, 5.41) is 9.87. The van der Waals surface area contributed by atoms with E-state index >= 15 is 0 Å². The highest BCUT2D eigenvalue weighted by molar-refractivity contribution is 7.97. The molecule has 8 nitrogen and oxygen atoms in total. The molecule has 0 N–H and O–H groups in total.